The lowest BCUT2D eigenvalue weighted by atomic mass is 9.91. The lowest BCUT2D eigenvalue weighted by Crippen LogP contribution is -2.39. The van der Waals surface area contributed by atoms with Crippen LogP contribution >= 0.6 is 11.6 Å². The summed E-state index contributed by atoms with van der Waals surface area (Å²) in [5.74, 6) is -2.46. The van der Waals surface area contributed by atoms with E-state index in [4.69, 9.17) is 11.6 Å². The van der Waals surface area contributed by atoms with Gasteiger partial charge in [0.15, 0.2) is 0 Å². The highest BCUT2D eigenvalue weighted by molar-refractivity contribution is 6.31. The number of hydrogen-bond donors (Lipinski definition) is 1. The number of piperidine rings is 1. The van der Waals surface area contributed by atoms with Gasteiger partial charge in [-0.2, -0.15) is 0 Å². The summed E-state index contributed by atoms with van der Waals surface area (Å²) in [6.07, 6.45) is 0.970. The number of carbonyl (C=O) groups is 1. The van der Waals surface area contributed by atoms with Crippen molar-refractivity contribution in [3.05, 3.63) is 70.2 Å². The van der Waals surface area contributed by atoms with Gasteiger partial charge in [-0.25, -0.2) is 8.78 Å². The zero-order valence-electron chi connectivity index (χ0n) is 13.5. The smallest absolute Gasteiger partial charge is 0.306 e. The molecule has 0 aliphatic carbocycles. The van der Waals surface area contributed by atoms with Crippen molar-refractivity contribution < 1.29 is 18.7 Å². The molecular weight excluding hydrogens is 348 g/mol. The second-order valence-corrected chi connectivity index (χ2v) is 6.65. The lowest BCUT2D eigenvalue weighted by molar-refractivity contribution is -0.143. The Morgan fingerprint density at radius 2 is 1.80 bits per heavy atom. The standard InChI is InChI=1S/C19H18ClF2NO2/c20-16-4-2-1-3-14(16)18(15-6-5-13(21)11-17(15)22)23-9-7-12(8-10-23)19(24)25/h1-6,11-12,18H,7-10H2,(H,24,25). The van der Waals surface area contributed by atoms with Gasteiger partial charge >= 0.3 is 5.97 Å². The molecule has 0 radical (unpaired) electrons. The van der Waals surface area contributed by atoms with Crippen LogP contribution in [0.2, 0.25) is 5.02 Å². The first-order valence-corrected chi connectivity index (χ1v) is 8.51. The van der Waals surface area contributed by atoms with Crippen molar-refractivity contribution >= 4 is 17.6 Å². The zero-order valence-corrected chi connectivity index (χ0v) is 14.2. The van der Waals surface area contributed by atoms with Crippen molar-refractivity contribution in [3.63, 3.8) is 0 Å². The van der Waals surface area contributed by atoms with Gasteiger partial charge in [0.1, 0.15) is 11.6 Å². The summed E-state index contributed by atoms with van der Waals surface area (Å²) in [4.78, 5) is 13.2. The number of rotatable bonds is 4. The fourth-order valence-electron chi connectivity index (χ4n) is 3.39. The molecule has 2 aromatic carbocycles. The van der Waals surface area contributed by atoms with Crippen molar-refractivity contribution in [3.8, 4) is 0 Å². The second-order valence-electron chi connectivity index (χ2n) is 6.24. The number of hydrogen-bond acceptors (Lipinski definition) is 2. The van der Waals surface area contributed by atoms with Crippen molar-refractivity contribution in [1.82, 2.24) is 4.90 Å². The highest BCUT2D eigenvalue weighted by Gasteiger charge is 2.32. The van der Waals surface area contributed by atoms with E-state index in [2.05, 4.69) is 0 Å². The first-order chi connectivity index (χ1) is 12.0. The highest BCUT2D eigenvalue weighted by atomic mass is 35.5. The van der Waals surface area contributed by atoms with E-state index >= 15 is 0 Å². The van der Waals surface area contributed by atoms with Crippen molar-refractivity contribution in [2.24, 2.45) is 5.92 Å². The summed E-state index contributed by atoms with van der Waals surface area (Å²) in [5.41, 5.74) is 1.06. The molecule has 1 atom stereocenters. The third-order valence-corrected chi connectivity index (χ3v) is 5.05. The summed E-state index contributed by atoms with van der Waals surface area (Å²) in [7, 11) is 0. The molecular formula is C19H18ClF2NO2. The van der Waals surface area contributed by atoms with Gasteiger partial charge in [0, 0.05) is 16.7 Å². The molecule has 1 heterocycles. The average Bonchev–Trinajstić information content (AvgIpc) is 2.59. The van der Waals surface area contributed by atoms with E-state index in [1.165, 1.54) is 12.1 Å². The van der Waals surface area contributed by atoms with Crippen LogP contribution in [0.4, 0.5) is 8.78 Å². The van der Waals surface area contributed by atoms with E-state index < -0.39 is 23.6 Å². The highest BCUT2D eigenvalue weighted by Crippen LogP contribution is 2.37. The fraction of sp³-hybridized carbons (Fsp3) is 0.316. The number of carboxylic acid groups (broad SMARTS) is 1. The maximum absolute atomic E-state index is 14.5. The third kappa shape index (κ3) is 3.83. The molecule has 0 saturated carbocycles. The Morgan fingerprint density at radius 1 is 1.12 bits per heavy atom. The maximum Gasteiger partial charge on any atom is 0.306 e. The van der Waals surface area contributed by atoms with Gasteiger partial charge in [0.2, 0.25) is 0 Å². The Hall–Kier alpha value is -1.98. The number of benzene rings is 2. The summed E-state index contributed by atoms with van der Waals surface area (Å²) >= 11 is 6.33. The molecule has 1 aliphatic heterocycles. The summed E-state index contributed by atoms with van der Waals surface area (Å²) in [6.45, 7) is 1.01. The Kier molecular flexibility index (Phi) is 5.35. The van der Waals surface area contributed by atoms with Crippen molar-refractivity contribution in [2.75, 3.05) is 13.1 Å². The number of halogens is 3. The number of aliphatic carboxylic acids is 1. The van der Waals surface area contributed by atoms with Crippen LogP contribution in [0.5, 0.6) is 0 Å². The topological polar surface area (TPSA) is 40.5 Å². The van der Waals surface area contributed by atoms with E-state index in [9.17, 15) is 18.7 Å². The Morgan fingerprint density at radius 3 is 2.40 bits per heavy atom. The first kappa shape index (κ1) is 17.8. The molecule has 3 nitrogen and oxygen atoms in total. The molecule has 1 fully saturated rings. The largest absolute Gasteiger partial charge is 0.481 e. The van der Waals surface area contributed by atoms with Crippen LogP contribution in [0.25, 0.3) is 0 Å². The van der Waals surface area contributed by atoms with Gasteiger partial charge in [0.05, 0.1) is 12.0 Å². The van der Waals surface area contributed by atoms with Gasteiger partial charge in [-0.3, -0.25) is 9.69 Å². The summed E-state index contributed by atoms with van der Waals surface area (Å²) < 4.78 is 27.8. The van der Waals surface area contributed by atoms with Gasteiger partial charge in [-0.05, 0) is 43.6 Å². The summed E-state index contributed by atoms with van der Waals surface area (Å²) in [5, 5.41) is 9.67. The molecule has 132 valence electrons. The molecule has 2 aromatic rings. The number of likely N-dealkylation sites (tertiary alicyclic amines) is 1. The van der Waals surface area contributed by atoms with Crippen LogP contribution in [0, 0.1) is 17.6 Å². The van der Waals surface area contributed by atoms with Crippen LogP contribution in [0.3, 0.4) is 0 Å². The monoisotopic (exact) mass is 365 g/mol. The normalized spacial score (nSPS) is 17.4. The molecule has 0 amide bonds. The first-order valence-electron chi connectivity index (χ1n) is 8.13. The molecule has 3 rings (SSSR count). The predicted octanol–water partition coefficient (Wildman–Crippen LogP) is 4.50. The van der Waals surface area contributed by atoms with E-state index in [0.29, 0.717) is 36.5 Å². The Bertz CT molecular complexity index is 776. The minimum atomic E-state index is -0.804. The lowest BCUT2D eigenvalue weighted by Gasteiger charge is -2.37. The predicted molar refractivity (Wildman–Crippen MR) is 91.6 cm³/mol. The van der Waals surface area contributed by atoms with Crippen LogP contribution in [-0.4, -0.2) is 29.1 Å². The molecule has 0 aromatic heterocycles. The third-order valence-electron chi connectivity index (χ3n) is 4.70. The van der Waals surface area contributed by atoms with Crippen LogP contribution in [0.1, 0.15) is 30.0 Å². The molecule has 25 heavy (non-hydrogen) atoms. The Balaban J connectivity index is 1.99. The zero-order chi connectivity index (χ0) is 18.0. The molecule has 0 spiro atoms. The average molecular weight is 366 g/mol. The maximum atomic E-state index is 14.5. The Labute approximate surface area is 149 Å². The van der Waals surface area contributed by atoms with E-state index in [1.807, 2.05) is 17.0 Å². The minimum Gasteiger partial charge on any atom is -0.481 e. The molecule has 0 bridgehead atoms. The van der Waals surface area contributed by atoms with Gasteiger partial charge in [-0.15, -0.1) is 0 Å². The number of carboxylic acids is 1. The van der Waals surface area contributed by atoms with Crippen molar-refractivity contribution in [1.29, 1.82) is 0 Å². The molecule has 6 heteroatoms. The van der Waals surface area contributed by atoms with E-state index in [0.717, 1.165) is 11.6 Å². The second kappa shape index (κ2) is 7.50. The van der Waals surface area contributed by atoms with Gasteiger partial charge < -0.3 is 5.11 Å². The molecule has 1 unspecified atom stereocenters. The van der Waals surface area contributed by atoms with Crippen LogP contribution < -0.4 is 0 Å². The SMILES string of the molecule is O=C(O)C1CCN(C(c2ccc(F)cc2F)c2ccccc2Cl)CC1. The molecule has 1 N–H and O–H groups in total. The number of nitrogens with zero attached hydrogens (tertiary/aromatic N) is 1. The summed E-state index contributed by atoms with van der Waals surface area (Å²) in [6, 6.07) is 10.2. The molecule has 1 saturated heterocycles. The molecule has 1 aliphatic rings. The van der Waals surface area contributed by atoms with E-state index in [-0.39, 0.29) is 5.92 Å². The minimum absolute atomic E-state index is 0.336. The van der Waals surface area contributed by atoms with Gasteiger partial charge in [0.25, 0.3) is 0 Å². The fourth-order valence-corrected chi connectivity index (χ4v) is 3.62. The van der Waals surface area contributed by atoms with Gasteiger partial charge in [-0.1, -0.05) is 35.9 Å². The van der Waals surface area contributed by atoms with Crippen LogP contribution in [-0.2, 0) is 4.79 Å². The van der Waals surface area contributed by atoms with Crippen molar-refractivity contribution in [2.45, 2.75) is 18.9 Å². The van der Waals surface area contributed by atoms with E-state index in [1.54, 1.807) is 12.1 Å². The quantitative estimate of drug-likeness (QED) is 0.867. The van der Waals surface area contributed by atoms with Crippen LogP contribution in [0.15, 0.2) is 42.5 Å².